The molecule has 4 heterocycles. The largest absolute Gasteiger partial charge is 0.481 e. The number of carbonyl (C=O) groups excluding carboxylic acids is 1. The average Bonchev–Trinajstić information content (AvgIpc) is 3.41. The monoisotopic (exact) mass is 474 g/mol. The Morgan fingerprint density at radius 1 is 1.12 bits per heavy atom. The third-order valence-electron chi connectivity index (χ3n) is 5.18. The summed E-state index contributed by atoms with van der Waals surface area (Å²) in [6, 6.07) is 2.47. The number of rotatable bonds is 4. The predicted molar refractivity (Wildman–Crippen MR) is 100 cm³/mol. The van der Waals surface area contributed by atoms with Crippen LogP contribution in [0.15, 0.2) is 24.4 Å². The summed E-state index contributed by atoms with van der Waals surface area (Å²) in [7, 11) is 2.47. The normalized spacial score (nSPS) is 16.1. The summed E-state index contributed by atoms with van der Waals surface area (Å²) in [6.07, 6.45) is -8.38. The zero-order valence-electron chi connectivity index (χ0n) is 17.1. The summed E-state index contributed by atoms with van der Waals surface area (Å²) >= 11 is 0. The number of carbonyl (C=O) groups is 1. The van der Waals surface area contributed by atoms with Crippen LogP contribution in [0.5, 0.6) is 5.88 Å². The van der Waals surface area contributed by atoms with Crippen molar-refractivity contribution >= 4 is 5.91 Å². The molecular formula is C19H16F6N6O2. The molecule has 3 aromatic rings. The SMILES string of the molecule is COc1cc(-c2cc3n(n2)CC[C@H]3NC(=O)c2cc(C(F)(F)F)nn2C)c(C(F)(F)F)cn1. The fourth-order valence-corrected chi connectivity index (χ4v) is 3.60. The summed E-state index contributed by atoms with van der Waals surface area (Å²) in [6.45, 7) is 0.295. The van der Waals surface area contributed by atoms with E-state index in [2.05, 4.69) is 20.5 Å². The molecule has 0 radical (unpaired) electrons. The topological polar surface area (TPSA) is 86.9 Å². The highest BCUT2D eigenvalue weighted by molar-refractivity contribution is 5.93. The first kappa shape index (κ1) is 22.6. The highest BCUT2D eigenvalue weighted by atomic mass is 19.4. The molecule has 8 nitrogen and oxygen atoms in total. The van der Waals surface area contributed by atoms with Gasteiger partial charge in [-0.05, 0) is 12.5 Å². The van der Waals surface area contributed by atoms with Gasteiger partial charge in [0, 0.05) is 37.5 Å². The van der Waals surface area contributed by atoms with Gasteiger partial charge in [-0.25, -0.2) is 4.98 Å². The molecule has 1 N–H and O–H groups in total. The Kier molecular flexibility index (Phi) is 5.33. The fraction of sp³-hybridized carbons (Fsp3) is 0.368. The maximum atomic E-state index is 13.5. The Hall–Kier alpha value is -3.58. The van der Waals surface area contributed by atoms with Gasteiger partial charge in [-0.2, -0.15) is 36.5 Å². The van der Waals surface area contributed by atoms with Gasteiger partial charge in [0.15, 0.2) is 5.69 Å². The number of pyridine rings is 1. The van der Waals surface area contributed by atoms with E-state index in [9.17, 15) is 31.1 Å². The van der Waals surface area contributed by atoms with Crippen molar-refractivity contribution in [1.82, 2.24) is 29.9 Å². The second kappa shape index (κ2) is 7.78. The number of aromatic nitrogens is 5. The van der Waals surface area contributed by atoms with Crippen LogP contribution in [-0.4, -0.2) is 37.6 Å². The number of nitrogens with one attached hydrogen (secondary N) is 1. The van der Waals surface area contributed by atoms with E-state index in [4.69, 9.17) is 4.74 Å². The Balaban J connectivity index is 1.63. The molecule has 1 aliphatic rings. The summed E-state index contributed by atoms with van der Waals surface area (Å²) in [4.78, 5) is 16.2. The summed E-state index contributed by atoms with van der Waals surface area (Å²) in [5, 5.41) is 10.1. The molecule has 0 bridgehead atoms. The number of hydrogen-bond acceptors (Lipinski definition) is 5. The van der Waals surface area contributed by atoms with Gasteiger partial charge in [-0.3, -0.25) is 14.2 Å². The van der Waals surface area contributed by atoms with Gasteiger partial charge in [0.1, 0.15) is 5.69 Å². The number of amides is 1. The van der Waals surface area contributed by atoms with Gasteiger partial charge in [0.05, 0.1) is 30.1 Å². The molecular weight excluding hydrogens is 458 g/mol. The summed E-state index contributed by atoms with van der Waals surface area (Å²) in [5.41, 5.74) is -2.35. The Morgan fingerprint density at radius 2 is 1.85 bits per heavy atom. The van der Waals surface area contributed by atoms with Crippen LogP contribution in [-0.2, 0) is 25.9 Å². The van der Waals surface area contributed by atoms with Gasteiger partial charge in [-0.15, -0.1) is 0 Å². The minimum Gasteiger partial charge on any atom is -0.481 e. The van der Waals surface area contributed by atoms with Crippen molar-refractivity contribution in [3.8, 4) is 17.1 Å². The summed E-state index contributed by atoms with van der Waals surface area (Å²) in [5.74, 6) is -0.837. The molecule has 0 fully saturated rings. The van der Waals surface area contributed by atoms with Gasteiger partial charge >= 0.3 is 12.4 Å². The number of halogens is 6. The van der Waals surface area contributed by atoms with Crippen LogP contribution in [0.25, 0.3) is 11.3 Å². The second-order valence-corrected chi connectivity index (χ2v) is 7.30. The van der Waals surface area contributed by atoms with E-state index in [1.54, 1.807) is 0 Å². The van der Waals surface area contributed by atoms with E-state index >= 15 is 0 Å². The minimum atomic E-state index is -4.71. The molecule has 0 spiro atoms. The van der Waals surface area contributed by atoms with E-state index < -0.39 is 35.6 Å². The smallest absolute Gasteiger partial charge is 0.435 e. The Labute approximate surface area is 182 Å². The highest BCUT2D eigenvalue weighted by Crippen LogP contribution is 2.39. The maximum absolute atomic E-state index is 13.5. The van der Waals surface area contributed by atoms with Gasteiger partial charge in [0.25, 0.3) is 5.91 Å². The number of fused-ring (bicyclic) bond motifs is 1. The second-order valence-electron chi connectivity index (χ2n) is 7.30. The van der Waals surface area contributed by atoms with Crippen LogP contribution >= 0.6 is 0 Å². The molecule has 1 amide bonds. The van der Waals surface area contributed by atoms with Crippen LogP contribution in [0.3, 0.4) is 0 Å². The maximum Gasteiger partial charge on any atom is 0.435 e. The third kappa shape index (κ3) is 4.24. The minimum absolute atomic E-state index is 0.00290. The lowest BCUT2D eigenvalue weighted by Crippen LogP contribution is -2.28. The molecule has 3 aromatic heterocycles. The van der Waals surface area contributed by atoms with E-state index in [1.807, 2.05) is 0 Å². The first-order valence-electron chi connectivity index (χ1n) is 9.50. The van der Waals surface area contributed by atoms with E-state index in [-0.39, 0.29) is 22.8 Å². The van der Waals surface area contributed by atoms with E-state index in [1.165, 1.54) is 24.9 Å². The standard InChI is InChI=1S/C19H16F6N6O2/c1-30-14(7-15(29-30)19(23,24)25)17(32)27-11-3-4-31-13(11)6-12(28-31)9-5-16(33-2)26-8-10(9)18(20,21)22/h5-8,11H,3-4H2,1-2H3,(H,27,32)/t11-/m1/s1. The molecule has 0 aromatic carbocycles. The quantitative estimate of drug-likeness (QED) is 0.584. The molecule has 0 saturated carbocycles. The predicted octanol–water partition coefficient (Wildman–Crippen LogP) is 3.60. The van der Waals surface area contributed by atoms with Crippen LogP contribution in [0.1, 0.15) is 39.9 Å². The molecule has 14 heteroatoms. The number of methoxy groups -OCH3 is 1. The van der Waals surface area contributed by atoms with E-state index in [0.717, 1.165) is 10.7 Å². The van der Waals surface area contributed by atoms with Gasteiger partial charge in [0.2, 0.25) is 5.88 Å². The van der Waals surface area contributed by atoms with E-state index in [0.29, 0.717) is 30.9 Å². The van der Waals surface area contributed by atoms with Crippen molar-refractivity contribution in [2.24, 2.45) is 7.05 Å². The molecule has 0 unspecified atom stereocenters. The van der Waals surface area contributed by atoms with Crippen LogP contribution in [0, 0.1) is 0 Å². The molecule has 176 valence electrons. The number of hydrogen-bond donors (Lipinski definition) is 1. The molecule has 1 atom stereocenters. The zero-order valence-corrected chi connectivity index (χ0v) is 17.1. The first-order chi connectivity index (χ1) is 15.4. The highest BCUT2D eigenvalue weighted by Gasteiger charge is 2.38. The van der Waals surface area contributed by atoms with Crippen molar-refractivity contribution in [2.45, 2.75) is 31.4 Å². The van der Waals surface area contributed by atoms with Crippen molar-refractivity contribution < 1.29 is 35.9 Å². The van der Waals surface area contributed by atoms with Crippen molar-refractivity contribution in [2.75, 3.05) is 7.11 Å². The van der Waals surface area contributed by atoms with Gasteiger partial charge < -0.3 is 10.1 Å². The van der Waals surface area contributed by atoms with Crippen molar-refractivity contribution in [1.29, 1.82) is 0 Å². The lowest BCUT2D eigenvalue weighted by atomic mass is 10.1. The first-order valence-corrected chi connectivity index (χ1v) is 9.50. The van der Waals surface area contributed by atoms with Crippen molar-refractivity contribution in [3.05, 3.63) is 47.0 Å². The summed E-state index contributed by atoms with van der Waals surface area (Å²) < 4.78 is 86.2. The number of ether oxygens (including phenoxy) is 1. The van der Waals surface area contributed by atoms with Crippen LogP contribution in [0.4, 0.5) is 26.3 Å². The number of alkyl halides is 6. The Morgan fingerprint density at radius 3 is 2.45 bits per heavy atom. The number of aryl methyl sites for hydroxylation is 2. The van der Waals surface area contributed by atoms with Crippen LogP contribution in [0.2, 0.25) is 0 Å². The molecule has 0 saturated heterocycles. The van der Waals surface area contributed by atoms with Crippen molar-refractivity contribution in [3.63, 3.8) is 0 Å². The molecule has 33 heavy (non-hydrogen) atoms. The lowest BCUT2D eigenvalue weighted by molar-refractivity contribution is -0.141. The van der Waals surface area contributed by atoms with Crippen LogP contribution < -0.4 is 10.1 Å². The fourth-order valence-electron chi connectivity index (χ4n) is 3.60. The number of nitrogens with zero attached hydrogens (tertiary/aromatic N) is 5. The lowest BCUT2D eigenvalue weighted by Gasteiger charge is -2.13. The molecule has 0 aliphatic carbocycles. The van der Waals surface area contributed by atoms with Gasteiger partial charge in [-0.1, -0.05) is 0 Å². The average molecular weight is 474 g/mol. The Bertz CT molecular complexity index is 1210. The zero-order chi connectivity index (χ0) is 24.1. The molecule has 1 aliphatic heterocycles. The third-order valence-corrected chi connectivity index (χ3v) is 5.18. The molecule has 4 rings (SSSR count).